The van der Waals surface area contributed by atoms with E-state index < -0.39 is 11.9 Å². The second-order valence-corrected chi connectivity index (χ2v) is 5.95. The summed E-state index contributed by atoms with van der Waals surface area (Å²) in [5.41, 5.74) is 0.365. The molecule has 0 atom stereocenters. The number of aromatic nitrogens is 2. The fourth-order valence-corrected chi connectivity index (χ4v) is 3.00. The Kier molecular flexibility index (Phi) is 5.12. The molecule has 2 aromatic carbocycles. The number of nitrogens with one attached hydrogen (secondary N) is 1. The molecule has 0 spiro atoms. The summed E-state index contributed by atoms with van der Waals surface area (Å²) in [4.78, 5) is 0. The molecule has 1 heterocycles. The molecule has 0 radical (unpaired) electrons. The number of aromatic amines is 1. The molecule has 3 rings (SSSR count). The minimum absolute atomic E-state index is 0.0452. The van der Waals surface area contributed by atoms with Gasteiger partial charge in [-0.1, -0.05) is 37.3 Å². The van der Waals surface area contributed by atoms with E-state index in [0.29, 0.717) is 24.3 Å². The van der Waals surface area contributed by atoms with E-state index in [4.69, 9.17) is 4.74 Å². The van der Waals surface area contributed by atoms with Crippen molar-refractivity contribution in [2.24, 2.45) is 0 Å². The Balaban J connectivity index is 2.25. The molecular weight excluding hydrogens is 357 g/mol. The summed E-state index contributed by atoms with van der Waals surface area (Å²) in [5, 5.41) is 16.5. The van der Waals surface area contributed by atoms with Crippen molar-refractivity contribution in [2.45, 2.75) is 26.4 Å². The van der Waals surface area contributed by atoms with Gasteiger partial charge in [-0.2, -0.15) is 18.3 Å². The molecule has 2 N–H and O–H groups in total. The van der Waals surface area contributed by atoms with Crippen molar-refractivity contribution in [3.63, 3.8) is 0 Å². The Morgan fingerprint density at radius 2 is 1.81 bits per heavy atom. The van der Waals surface area contributed by atoms with Gasteiger partial charge in [0.2, 0.25) is 0 Å². The predicted octanol–water partition coefficient (Wildman–Crippen LogP) is 5.43. The molecule has 1 aromatic heterocycles. The topological polar surface area (TPSA) is 58.1 Å². The molecule has 0 unspecified atom stereocenters. The van der Waals surface area contributed by atoms with E-state index in [1.165, 1.54) is 6.07 Å². The van der Waals surface area contributed by atoms with E-state index in [0.717, 1.165) is 5.56 Å². The van der Waals surface area contributed by atoms with Gasteiger partial charge >= 0.3 is 6.18 Å². The van der Waals surface area contributed by atoms with Crippen LogP contribution < -0.4 is 4.74 Å². The zero-order valence-corrected chi connectivity index (χ0v) is 14.9. The van der Waals surface area contributed by atoms with Crippen molar-refractivity contribution in [1.29, 1.82) is 0 Å². The van der Waals surface area contributed by atoms with E-state index in [9.17, 15) is 18.3 Å². The number of phenolic OH excluding ortho intramolecular Hbond substituents is 1. The first kappa shape index (κ1) is 18.8. The average molecular weight is 376 g/mol. The molecule has 0 aliphatic heterocycles. The second kappa shape index (κ2) is 7.34. The lowest BCUT2D eigenvalue weighted by Gasteiger charge is -2.14. The van der Waals surface area contributed by atoms with Gasteiger partial charge in [-0.3, -0.25) is 5.10 Å². The third-order valence-electron chi connectivity index (χ3n) is 4.23. The molecule has 0 aliphatic carbocycles. The van der Waals surface area contributed by atoms with Crippen LogP contribution in [0.1, 0.15) is 25.1 Å². The van der Waals surface area contributed by atoms with E-state index in [1.807, 2.05) is 13.8 Å². The number of aryl methyl sites for hydroxylation is 1. The predicted molar refractivity (Wildman–Crippen MR) is 96.7 cm³/mol. The molecule has 0 aliphatic rings. The van der Waals surface area contributed by atoms with Gasteiger partial charge in [0.05, 0.1) is 6.61 Å². The van der Waals surface area contributed by atoms with Crippen LogP contribution in [0.4, 0.5) is 13.2 Å². The number of rotatable bonds is 5. The third kappa shape index (κ3) is 3.63. The Morgan fingerprint density at radius 1 is 1.11 bits per heavy atom. The highest BCUT2D eigenvalue weighted by Gasteiger charge is 2.38. The first-order valence-electron chi connectivity index (χ1n) is 8.56. The van der Waals surface area contributed by atoms with E-state index in [-0.39, 0.29) is 22.6 Å². The highest BCUT2D eigenvalue weighted by Crippen LogP contribution is 2.44. The molecule has 0 bridgehead atoms. The van der Waals surface area contributed by atoms with Crippen LogP contribution in [-0.4, -0.2) is 21.9 Å². The van der Waals surface area contributed by atoms with Crippen LogP contribution in [-0.2, 0) is 12.6 Å². The molecule has 0 saturated heterocycles. The van der Waals surface area contributed by atoms with Crippen LogP contribution >= 0.6 is 0 Å². The molecule has 0 saturated carbocycles. The highest BCUT2D eigenvalue weighted by atomic mass is 19.4. The zero-order valence-electron chi connectivity index (χ0n) is 14.9. The number of aromatic hydroxyl groups is 1. The summed E-state index contributed by atoms with van der Waals surface area (Å²) >= 11 is 0. The summed E-state index contributed by atoms with van der Waals surface area (Å²) in [6, 6.07) is 11.2. The highest BCUT2D eigenvalue weighted by molar-refractivity contribution is 5.86. The third-order valence-corrected chi connectivity index (χ3v) is 4.23. The van der Waals surface area contributed by atoms with Gasteiger partial charge in [0, 0.05) is 17.2 Å². The molecule has 142 valence electrons. The maximum absolute atomic E-state index is 13.5. The van der Waals surface area contributed by atoms with Crippen molar-refractivity contribution < 1.29 is 23.0 Å². The van der Waals surface area contributed by atoms with Crippen molar-refractivity contribution >= 4 is 0 Å². The zero-order chi connectivity index (χ0) is 19.6. The SMILES string of the molecule is CCOc1cc(O)c(-c2n[nH]c(C(F)(F)F)c2-c2ccccc2)cc1CC. The lowest BCUT2D eigenvalue weighted by Crippen LogP contribution is -2.07. The fraction of sp³-hybridized carbons (Fsp3) is 0.250. The standard InChI is InChI=1S/C20H19F3N2O2/c1-3-12-10-14(15(26)11-16(12)27-4-2)18-17(13-8-6-5-7-9-13)19(25-24-18)20(21,22)23/h5-11,26H,3-4H2,1-2H3,(H,24,25). The molecule has 27 heavy (non-hydrogen) atoms. The number of H-pyrrole nitrogens is 1. The van der Waals surface area contributed by atoms with Gasteiger partial charge in [0.1, 0.15) is 22.9 Å². The van der Waals surface area contributed by atoms with Crippen LogP contribution in [0.25, 0.3) is 22.4 Å². The number of hydrogen-bond donors (Lipinski definition) is 2. The van der Waals surface area contributed by atoms with Crippen LogP contribution in [0.5, 0.6) is 11.5 Å². The van der Waals surface area contributed by atoms with Crippen molar-refractivity contribution in [3.05, 3.63) is 53.7 Å². The lowest BCUT2D eigenvalue weighted by atomic mass is 9.96. The first-order chi connectivity index (χ1) is 12.9. The monoisotopic (exact) mass is 376 g/mol. The van der Waals surface area contributed by atoms with Crippen LogP contribution in [0, 0.1) is 0 Å². The maximum Gasteiger partial charge on any atom is 0.433 e. The first-order valence-corrected chi connectivity index (χ1v) is 8.56. The van der Waals surface area contributed by atoms with Crippen molar-refractivity contribution in [1.82, 2.24) is 10.2 Å². The number of alkyl halides is 3. The molecule has 7 heteroatoms. The van der Waals surface area contributed by atoms with Gasteiger partial charge in [-0.15, -0.1) is 0 Å². The largest absolute Gasteiger partial charge is 0.507 e. The summed E-state index contributed by atoms with van der Waals surface area (Å²) in [6.07, 6.45) is -4.01. The summed E-state index contributed by atoms with van der Waals surface area (Å²) < 4.78 is 46.1. The average Bonchev–Trinajstić information content (AvgIpc) is 3.08. The quantitative estimate of drug-likeness (QED) is 0.624. The van der Waals surface area contributed by atoms with Crippen LogP contribution in [0.2, 0.25) is 0 Å². The number of halogens is 3. The summed E-state index contributed by atoms with van der Waals surface area (Å²) in [6.45, 7) is 4.14. The molecule has 0 amide bonds. The molecule has 4 nitrogen and oxygen atoms in total. The fourth-order valence-electron chi connectivity index (χ4n) is 3.00. The Labute approximate surface area is 154 Å². The Hall–Kier alpha value is -2.96. The van der Waals surface area contributed by atoms with Gasteiger partial charge < -0.3 is 9.84 Å². The van der Waals surface area contributed by atoms with Gasteiger partial charge in [0.15, 0.2) is 0 Å². The second-order valence-electron chi connectivity index (χ2n) is 5.95. The van der Waals surface area contributed by atoms with Crippen molar-refractivity contribution in [3.8, 4) is 33.9 Å². The number of phenols is 1. The van der Waals surface area contributed by atoms with E-state index in [2.05, 4.69) is 10.2 Å². The van der Waals surface area contributed by atoms with E-state index >= 15 is 0 Å². The van der Waals surface area contributed by atoms with Crippen molar-refractivity contribution in [2.75, 3.05) is 6.61 Å². The normalized spacial score (nSPS) is 11.6. The Bertz CT molecular complexity index is 934. The summed E-state index contributed by atoms with van der Waals surface area (Å²) in [5.74, 6) is 0.321. The van der Waals surface area contributed by atoms with Crippen LogP contribution in [0.3, 0.4) is 0 Å². The van der Waals surface area contributed by atoms with E-state index in [1.54, 1.807) is 36.4 Å². The number of benzene rings is 2. The summed E-state index contributed by atoms with van der Waals surface area (Å²) in [7, 11) is 0. The Morgan fingerprint density at radius 3 is 2.41 bits per heavy atom. The van der Waals surface area contributed by atoms with Gasteiger partial charge in [-0.25, -0.2) is 0 Å². The smallest absolute Gasteiger partial charge is 0.433 e. The number of nitrogens with zero attached hydrogens (tertiary/aromatic N) is 1. The maximum atomic E-state index is 13.5. The minimum Gasteiger partial charge on any atom is -0.507 e. The minimum atomic E-state index is -4.61. The van der Waals surface area contributed by atoms with Gasteiger partial charge in [0.25, 0.3) is 0 Å². The molecular formula is C20H19F3N2O2. The van der Waals surface area contributed by atoms with Gasteiger partial charge in [-0.05, 0) is 30.5 Å². The molecule has 3 aromatic rings. The molecule has 0 fully saturated rings. The lowest BCUT2D eigenvalue weighted by molar-refractivity contribution is -0.140. The number of hydrogen-bond acceptors (Lipinski definition) is 3. The van der Waals surface area contributed by atoms with Crippen LogP contribution in [0.15, 0.2) is 42.5 Å². The number of ether oxygens (including phenoxy) is 1.